The first kappa shape index (κ1) is 16.9. The zero-order chi connectivity index (χ0) is 17.5. The summed E-state index contributed by atoms with van der Waals surface area (Å²) < 4.78 is 3.91. The fourth-order valence-electron chi connectivity index (χ4n) is 2.07. The van der Waals surface area contributed by atoms with Crippen molar-refractivity contribution in [2.45, 2.75) is 20.8 Å². The number of Topliss-reactive ketones (excluding diaryl/α,β-unsaturated/α-hetero) is 1. The number of nitrogens with one attached hydrogen (secondary N) is 1. The number of nitrogens with zero attached hydrogens (tertiary/aromatic N) is 2. The molecule has 0 saturated heterocycles. The smallest absolute Gasteiger partial charge is 0.266 e. The second-order valence-corrected chi connectivity index (χ2v) is 8.45. The van der Waals surface area contributed by atoms with Crippen molar-refractivity contribution in [2.24, 2.45) is 5.41 Å². The molecule has 0 spiro atoms. The Morgan fingerprint density at radius 1 is 1.38 bits per heavy atom. The van der Waals surface area contributed by atoms with Crippen molar-refractivity contribution in [3.05, 3.63) is 54.2 Å². The van der Waals surface area contributed by atoms with Gasteiger partial charge in [0.1, 0.15) is 5.65 Å². The maximum absolute atomic E-state index is 12.2. The van der Waals surface area contributed by atoms with Gasteiger partial charge in [0, 0.05) is 22.2 Å². The molecule has 5 nitrogen and oxygen atoms in total. The van der Waals surface area contributed by atoms with Crippen molar-refractivity contribution < 1.29 is 4.79 Å². The van der Waals surface area contributed by atoms with Crippen LogP contribution in [0.15, 0.2) is 33.8 Å². The molecule has 0 radical (unpaired) electrons. The van der Waals surface area contributed by atoms with Gasteiger partial charge in [0.15, 0.2) is 5.78 Å². The normalized spacial score (nSPS) is 13.8. The number of pyridine rings is 1. The summed E-state index contributed by atoms with van der Waals surface area (Å²) in [6.45, 7) is 5.54. The van der Waals surface area contributed by atoms with Crippen LogP contribution in [0.1, 0.15) is 26.5 Å². The van der Waals surface area contributed by atoms with Crippen LogP contribution in [0.25, 0.3) is 17.8 Å². The molecule has 7 heteroatoms. The summed E-state index contributed by atoms with van der Waals surface area (Å²) in [6, 6.07) is 3.80. The monoisotopic (exact) mass is 405 g/mol. The lowest BCUT2D eigenvalue weighted by Crippen LogP contribution is -2.22. The Kier molecular flexibility index (Phi) is 4.31. The molecule has 1 N–H and O–H groups in total. The quantitative estimate of drug-likeness (QED) is 0.709. The Morgan fingerprint density at radius 2 is 2.12 bits per heavy atom. The van der Waals surface area contributed by atoms with Gasteiger partial charge in [-0.1, -0.05) is 20.8 Å². The molecule has 3 heterocycles. The SMILES string of the molecule is CC(C)(C)C(=O)/C=c1/[nH]c(=O)/c(=C/c2cnc3ccc(Br)cn23)s1. The molecule has 0 aliphatic carbocycles. The minimum Gasteiger partial charge on any atom is -0.313 e. The van der Waals surface area contributed by atoms with E-state index in [2.05, 4.69) is 25.9 Å². The van der Waals surface area contributed by atoms with E-state index in [4.69, 9.17) is 0 Å². The van der Waals surface area contributed by atoms with Crippen molar-refractivity contribution in [3.8, 4) is 0 Å². The maximum atomic E-state index is 12.2. The average molecular weight is 406 g/mol. The van der Waals surface area contributed by atoms with E-state index >= 15 is 0 Å². The second-order valence-electron chi connectivity index (χ2n) is 6.45. The van der Waals surface area contributed by atoms with Crippen molar-refractivity contribution in [1.82, 2.24) is 14.4 Å². The van der Waals surface area contributed by atoms with Gasteiger partial charge >= 0.3 is 0 Å². The van der Waals surface area contributed by atoms with E-state index in [1.165, 1.54) is 17.4 Å². The van der Waals surface area contributed by atoms with E-state index < -0.39 is 5.41 Å². The second kappa shape index (κ2) is 6.14. The Labute approximate surface area is 150 Å². The van der Waals surface area contributed by atoms with E-state index in [0.717, 1.165) is 15.8 Å². The summed E-state index contributed by atoms with van der Waals surface area (Å²) in [5, 5.41) is 0. The molecule has 0 atom stereocenters. The number of ketones is 1. The Bertz CT molecular complexity index is 1100. The molecular formula is C17H16BrN3O2S. The molecule has 0 bridgehead atoms. The van der Waals surface area contributed by atoms with Gasteiger partial charge in [-0.3, -0.25) is 14.0 Å². The predicted molar refractivity (Wildman–Crippen MR) is 99.6 cm³/mol. The molecule has 0 saturated carbocycles. The van der Waals surface area contributed by atoms with Crippen LogP contribution in [0.4, 0.5) is 0 Å². The lowest BCUT2D eigenvalue weighted by atomic mass is 9.91. The third kappa shape index (κ3) is 3.42. The van der Waals surface area contributed by atoms with Gasteiger partial charge in [0.2, 0.25) is 0 Å². The van der Waals surface area contributed by atoms with E-state index in [0.29, 0.717) is 9.20 Å². The number of rotatable bonds is 2. The van der Waals surface area contributed by atoms with E-state index in [-0.39, 0.29) is 11.3 Å². The molecule has 3 rings (SSSR count). The van der Waals surface area contributed by atoms with Gasteiger partial charge in [-0.25, -0.2) is 4.98 Å². The van der Waals surface area contributed by atoms with E-state index in [1.807, 2.05) is 43.5 Å². The number of imidazole rings is 1. The van der Waals surface area contributed by atoms with Crippen LogP contribution in [0.3, 0.4) is 0 Å². The first-order valence-electron chi connectivity index (χ1n) is 7.34. The molecule has 0 aromatic carbocycles. The fraction of sp³-hybridized carbons (Fsp3) is 0.235. The first-order valence-corrected chi connectivity index (χ1v) is 8.94. The zero-order valence-corrected chi connectivity index (χ0v) is 15.9. The van der Waals surface area contributed by atoms with Gasteiger partial charge in [-0.05, 0) is 34.1 Å². The first-order chi connectivity index (χ1) is 11.2. The number of carbonyl (C=O) groups excluding carboxylic acids is 1. The molecule has 3 aromatic heterocycles. The lowest BCUT2D eigenvalue weighted by Gasteiger charge is -2.12. The van der Waals surface area contributed by atoms with Crippen LogP contribution >= 0.6 is 27.3 Å². The molecular weight excluding hydrogens is 390 g/mol. The molecule has 0 aliphatic heterocycles. The standard InChI is InChI=1S/C17H16BrN3O2S/c1-17(2,3)13(22)7-15-20-16(23)12(24-15)6-11-8-19-14-5-4-10(18)9-21(11)14/h4-9H,1-3H3,(H,20,23)/b12-6-,15-7-. The van der Waals surface area contributed by atoms with Crippen LogP contribution in [0, 0.1) is 5.41 Å². The maximum Gasteiger partial charge on any atom is 0.266 e. The van der Waals surface area contributed by atoms with Gasteiger partial charge in [0.05, 0.1) is 21.1 Å². The van der Waals surface area contributed by atoms with Gasteiger partial charge in [-0.15, -0.1) is 11.3 Å². The average Bonchev–Trinajstić information content (AvgIpc) is 3.03. The van der Waals surface area contributed by atoms with E-state index in [9.17, 15) is 9.59 Å². The molecule has 0 amide bonds. The number of aromatic amines is 1. The van der Waals surface area contributed by atoms with Crippen LogP contribution < -0.4 is 14.8 Å². The van der Waals surface area contributed by atoms with Gasteiger partial charge in [-0.2, -0.15) is 0 Å². The summed E-state index contributed by atoms with van der Waals surface area (Å²) in [5.74, 6) is -0.0229. The molecule has 124 valence electrons. The Hall–Kier alpha value is -1.99. The van der Waals surface area contributed by atoms with Crippen LogP contribution in [-0.4, -0.2) is 20.2 Å². The van der Waals surface area contributed by atoms with E-state index in [1.54, 1.807) is 12.3 Å². The molecule has 0 aliphatic rings. The van der Waals surface area contributed by atoms with Crippen molar-refractivity contribution in [1.29, 1.82) is 0 Å². The van der Waals surface area contributed by atoms with Gasteiger partial charge < -0.3 is 4.98 Å². The predicted octanol–water partition coefficient (Wildman–Crippen LogP) is 2.07. The highest BCUT2D eigenvalue weighted by Crippen LogP contribution is 2.15. The summed E-state index contributed by atoms with van der Waals surface area (Å²) in [5.41, 5.74) is 0.913. The van der Waals surface area contributed by atoms with Crippen LogP contribution in [0.5, 0.6) is 0 Å². The van der Waals surface area contributed by atoms with Crippen molar-refractivity contribution in [3.63, 3.8) is 0 Å². The molecule has 24 heavy (non-hydrogen) atoms. The minimum absolute atomic E-state index is 0.0229. The molecule has 0 fully saturated rings. The largest absolute Gasteiger partial charge is 0.313 e. The zero-order valence-electron chi connectivity index (χ0n) is 13.5. The number of thiazole rings is 1. The number of aromatic nitrogens is 3. The number of halogens is 1. The topological polar surface area (TPSA) is 67.2 Å². The number of hydrogen-bond acceptors (Lipinski definition) is 4. The number of carbonyl (C=O) groups is 1. The van der Waals surface area contributed by atoms with Crippen molar-refractivity contribution in [2.75, 3.05) is 0 Å². The summed E-state index contributed by atoms with van der Waals surface area (Å²) >= 11 is 4.69. The summed E-state index contributed by atoms with van der Waals surface area (Å²) in [4.78, 5) is 31.3. The van der Waals surface area contributed by atoms with Crippen molar-refractivity contribution >= 4 is 50.8 Å². The number of H-pyrrole nitrogens is 1. The Morgan fingerprint density at radius 3 is 2.83 bits per heavy atom. The highest BCUT2D eigenvalue weighted by molar-refractivity contribution is 9.10. The van der Waals surface area contributed by atoms with Gasteiger partial charge in [0.25, 0.3) is 5.56 Å². The highest BCUT2D eigenvalue weighted by atomic mass is 79.9. The van der Waals surface area contributed by atoms with Crippen LogP contribution in [-0.2, 0) is 4.79 Å². The lowest BCUT2D eigenvalue weighted by molar-refractivity contribution is -0.119. The third-order valence-electron chi connectivity index (χ3n) is 3.46. The van der Waals surface area contributed by atoms with Crippen LogP contribution in [0.2, 0.25) is 0 Å². The molecule has 0 unspecified atom stereocenters. The summed E-state index contributed by atoms with van der Waals surface area (Å²) in [6.07, 6.45) is 6.88. The Balaban J connectivity index is 2.11. The highest BCUT2D eigenvalue weighted by Gasteiger charge is 2.18. The fourth-order valence-corrected chi connectivity index (χ4v) is 3.28. The summed E-state index contributed by atoms with van der Waals surface area (Å²) in [7, 11) is 0. The minimum atomic E-state index is -0.474. The number of fused-ring (bicyclic) bond motifs is 1. The number of hydrogen-bond donors (Lipinski definition) is 1. The molecule has 3 aromatic rings. The third-order valence-corrected chi connectivity index (χ3v) is 4.89.